The maximum Gasteiger partial charge on any atom is 0.193 e. The van der Waals surface area contributed by atoms with Gasteiger partial charge in [0.15, 0.2) is 10.6 Å². The van der Waals surface area contributed by atoms with Crippen LogP contribution in [-0.4, -0.2) is 17.2 Å². The minimum absolute atomic E-state index is 0.514. The molecule has 0 aromatic heterocycles. The Morgan fingerprint density at radius 2 is 2.31 bits per heavy atom. The van der Waals surface area contributed by atoms with Crippen molar-refractivity contribution in [3.8, 4) is 0 Å². The van der Waals surface area contributed by atoms with Gasteiger partial charge in [-0.2, -0.15) is 0 Å². The zero-order chi connectivity index (χ0) is 9.90. The van der Waals surface area contributed by atoms with Gasteiger partial charge in [0, 0.05) is 5.70 Å². The van der Waals surface area contributed by atoms with Gasteiger partial charge in [0.05, 0.1) is 0 Å². The van der Waals surface area contributed by atoms with E-state index >= 15 is 0 Å². The van der Waals surface area contributed by atoms with E-state index in [9.17, 15) is 0 Å². The molecule has 13 heavy (non-hydrogen) atoms. The van der Waals surface area contributed by atoms with Gasteiger partial charge >= 0.3 is 0 Å². The number of ether oxygens (including phenoxy) is 1. The number of alkyl halides is 2. The maximum absolute atomic E-state index is 5.73. The second-order valence-corrected chi connectivity index (χ2v) is 3.80. The standard InChI is InChI=1S/C8H12Cl2N2O/c1-2-6(3-4-11)12-8(5-13-8)7(9)10/h2-4,7,12H,5,11H2,1H3/b4-3-,6-2+. The van der Waals surface area contributed by atoms with Crippen molar-refractivity contribution in [2.45, 2.75) is 17.5 Å². The first kappa shape index (κ1) is 10.7. The van der Waals surface area contributed by atoms with Gasteiger partial charge in [-0.05, 0) is 19.2 Å². The Hall–Kier alpha value is -0.380. The summed E-state index contributed by atoms with van der Waals surface area (Å²) in [6, 6.07) is 0. The summed E-state index contributed by atoms with van der Waals surface area (Å²) >= 11 is 11.5. The molecule has 0 aliphatic carbocycles. The van der Waals surface area contributed by atoms with Crippen molar-refractivity contribution in [3.63, 3.8) is 0 Å². The van der Waals surface area contributed by atoms with Crippen LogP contribution in [-0.2, 0) is 4.74 Å². The summed E-state index contributed by atoms with van der Waals surface area (Å²) in [5.74, 6) is 0. The fourth-order valence-electron chi connectivity index (χ4n) is 0.889. The molecule has 1 atom stereocenters. The Bertz CT molecular complexity index is 234. The summed E-state index contributed by atoms with van der Waals surface area (Å²) in [6.07, 6.45) is 5.03. The van der Waals surface area contributed by atoms with Crippen molar-refractivity contribution < 1.29 is 4.74 Å². The number of epoxide rings is 1. The fraction of sp³-hybridized carbons (Fsp3) is 0.500. The third kappa shape index (κ3) is 2.53. The van der Waals surface area contributed by atoms with Gasteiger partial charge in [-0.25, -0.2) is 0 Å². The Morgan fingerprint density at radius 3 is 2.62 bits per heavy atom. The molecule has 0 saturated carbocycles. The molecule has 3 N–H and O–H groups in total. The Labute approximate surface area is 87.5 Å². The summed E-state index contributed by atoms with van der Waals surface area (Å²) in [5, 5.41) is 3.06. The zero-order valence-electron chi connectivity index (χ0n) is 7.26. The second kappa shape index (κ2) is 4.22. The average Bonchev–Trinajstić information content (AvgIpc) is 2.85. The van der Waals surface area contributed by atoms with Crippen LogP contribution in [0.3, 0.4) is 0 Å². The lowest BCUT2D eigenvalue weighted by Gasteiger charge is -2.16. The minimum Gasteiger partial charge on any atom is -0.405 e. The molecule has 74 valence electrons. The molecule has 1 rings (SSSR count). The van der Waals surface area contributed by atoms with Crippen LogP contribution in [0.15, 0.2) is 24.0 Å². The van der Waals surface area contributed by atoms with Crippen LogP contribution in [0, 0.1) is 0 Å². The molecule has 0 radical (unpaired) electrons. The highest BCUT2D eigenvalue weighted by molar-refractivity contribution is 6.45. The molecule has 5 heteroatoms. The van der Waals surface area contributed by atoms with Gasteiger partial charge in [-0.15, -0.1) is 0 Å². The van der Waals surface area contributed by atoms with Crippen LogP contribution in [0.1, 0.15) is 6.92 Å². The first-order valence-electron chi connectivity index (χ1n) is 3.89. The van der Waals surface area contributed by atoms with Gasteiger partial charge < -0.3 is 15.8 Å². The molecule has 0 bridgehead atoms. The Morgan fingerprint density at radius 1 is 1.69 bits per heavy atom. The van der Waals surface area contributed by atoms with Gasteiger partial charge in [0.1, 0.15) is 6.61 Å². The predicted molar refractivity (Wildman–Crippen MR) is 54.4 cm³/mol. The van der Waals surface area contributed by atoms with E-state index in [1.165, 1.54) is 6.20 Å². The molecular formula is C8H12Cl2N2O. The highest BCUT2D eigenvalue weighted by atomic mass is 35.5. The maximum atomic E-state index is 5.73. The smallest absolute Gasteiger partial charge is 0.193 e. The largest absolute Gasteiger partial charge is 0.405 e. The molecule has 3 nitrogen and oxygen atoms in total. The van der Waals surface area contributed by atoms with Gasteiger partial charge in [0.25, 0.3) is 0 Å². The summed E-state index contributed by atoms with van der Waals surface area (Å²) in [7, 11) is 0. The number of halogens is 2. The van der Waals surface area contributed by atoms with E-state index in [1.54, 1.807) is 6.08 Å². The number of allylic oxidation sites excluding steroid dienone is 2. The molecule has 1 heterocycles. The number of nitrogens with one attached hydrogen (secondary N) is 1. The van der Waals surface area contributed by atoms with Crippen LogP contribution in [0.25, 0.3) is 0 Å². The summed E-state index contributed by atoms with van der Waals surface area (Å²) in [5.41, 5.74) is 5.47. The molecule has 1 aliphatic rings. The molecule has 0 spiro atoms. The van der Waals surface area contributed by atoms with Gasteiger partial charge in [-0.1, -0.05) is 29.3 Å². The quantitative estimate of drug-likeness (QED) is 0.431. The minimum atomic E-state index is -0.621. The molecule has 0 aromatic rings. The number of hydrogen-bond donors (Lipinski definition) is 2. The Kier molecular flexibility index (Phi) is 3.47. The van der Waals surface area contributed by atoms with Crippen molar-refractivity contribution in [1.29, 1.82) is 0 Å². The lowest BCUT2D eigenvalue weighted by Crippen LogP contribution is -2.37. The summed E-state index contributed by atoms with van der Waals surface area (Å²) in [4.78, 5) is -0.589. The first-order chi connectivity index (χ1) is 6.14. The Balaban J connectivity index is 2.57. The molecule has 1 unspecified atom stereocenters. The second-order valence-electron chi connectivity index (χ2n) is 2.71. The third-order valence-electron chi connectivity index (χ3n) is 1.75. The van der Waals surface area contributed by atoms with Crippen molar-refractivity contribution in [2.75, 3.05) is 6.61 Å². The van der Waals surface area contributed by atoms with Crippen LogP contribution in [0.4, 0.5) is 0 Å². The predicted octanol–water partition coefficient (Wildman–Crippen LogP) is 1.48. The first-order valence-corrected chi connectivity index (χ1v) is 4.77. The van der Waals surface area contributed by atoms with Crippen molar-refractivity contribution in [3.05, 3.63) is 24.0 Å². The van der Waals surface area contributed by atoms with Crippen molar-refractivity contribution in [2.24, 2.45) is 5.73 Å². The monoisotopic (exact) mass is 222 g/mol. The van der Waals surface area contributed by atoms with Crippen LogP contribution in [0.5, 0.6) is 0 Å². The van der Waals surface area contributed by atoms with E-state index in [1.807, 2.05) is 13.0 Å². The molecule has 0 aromatic carbocycles. The van der Waals surface area contributed by atoms with E-state index in [2.05, 4.69) is 5.32 Å². The summed E-state index contributed by atoms with van der Waals surface area (Å²) < 4.78 is 5.15. The normalized spacial score (nSPS) is 28.5. The van der Waals surface area contributed by atoms with E-state index in [-0.39, 0.29) is 0 Å². The van der Waals surface area contributed by atoms with Gasteiger partial charge in [0.2, 0.25) is 0 Å². The van der Waals surface area contributed by atoms with E-state index < -0.39 is 10.6 Å². The lowest BCUT2D eigenvalue weighted by molar-refractivity contribution is 0.288. The molecule has 1 saturated heterocycles. The number of hydrogen-bond acceptors (Lipinski definition) is 3. The average molecular weight is 223 g/mol. The van der Waals surface area contributed by atoms with Gasteiger partial charge in [-0.3, -0.25) is 0 Å². The topological polar surface area (TPSA) is 50.6 Å². The molecule has 1 aliphatic heterocycles. The third-order valence-corrected chi connectivity index (χ3v) is 2.46. The summed E-state index contributed by atoms with van der Waals surface area (Å²) in [6.45, 7) is 2.40. The van der Waals surface area contributed by atoms with Crippen molar-refractivity contribution in [1.82, 2.24) is 5.32 Å². The fourth-order valence-corrected chi connectivity index (χ4v) is 1.25. The van der Waals surface area contributed by atoms with Crippen molar-refractivity contribution >= 4 is 23.2 Å². The van der Waals surface area contributed by atoms with E-state index in [4.69, 9.17) is 33.7 Å². The highest BCUT2D eigenvalue weighted by Crippen LogP contribution is 2.34. The SMILES string of the molecule is C/C=C(\C=C/N)NC1(C(Cl)Cl)CO1. The van der Waals surface area contributed by atoms with E-state index in [0.717, 1.165) is 5.70 Å². The van der Waals surface area contributed by atoms with Crippen LogP contribution >= 0.6 is 23.2 Å². The molecule has 1 fully saturated rings. The highest BCUT2D eigenvalue weighted by Gasteiger charge is 2.51. The van der Waals surface area contributed by atoms with E-state index in [0.29, 0.717) is 6.61 Å². The zero-order valence-corrected chi connectivity index (χ0v) is 8.77. The molecular weight excluding hydrogens is 211 g/mol. The van der Waals surface area contributed by atoms with Crippen LogP contribution < -0.4 is 11.1 Å². The van der Waals surface area contributed by atoms with Crippen LogP contribution in [0.2, 0.25) is 0 Å². The number of rotatable bonds is 4. The number of nitrogens with two attached hydrogens (primary N) is 1. The lowest BCUT2D eigenvalue weighted by atomic mass is 10.3. The molecule has 0 amide bonds.